The monoisotopic (exact) mass is 346 g/mol. The number of hydrogen-bond acceptors (Lipinski definition) is 5. The van der Waals surface area contributed by atoms with Crippen LogP contribution in [0.25, 0.3) is 10.8 Å². The van der Waals surface area contributed by atoms with Crippen LogP contribution in [0.4, 0.5) is 0 Å². The van der Waals surface area contributed by atoms with Crippen molar-refractivity contribution in [1.29, 1.82) is 0 Å². The Bertz CT molecular complexity index is 752. The molecule has 0 aliphatic heterocycles. The normalized spacial score (nSPS) is 10.6. The zero-order chi connectivity index (χ0) is 18.4. The summed E-state index contributed by atoms with van der Waals surface area (Å²) in [5.74, 6) is 1.49. The summed E-state index contributed by atoms with van der Waals surface area (Å²) < 4.78 is 22.7. The van der Waals surface area contributed by atoms with E-state index in [9.17, 15) is 4.79 Å². The van der Waals surface area contributed by atoms with Gasteiger partial charge in [-0.25, -0.2) is 0 Å². The lowest BCUT2D eigenvalue weighted by Crippen LogP contribution is -2.10. The number of fused-ring (bicyclic) bond motifs is 1. The minimum absolute atomic E-state index is 0.298. The minimum atomic E-state index is -0.298. The van der Waals surface area contributed by atoms with Crippen molar-refractivity contribution in [3.8, 4) is 23.0 Å². The maximum absolute atomic E-state index is 12.1. The molecule has 0 unspecified atom stereocenters. The lowest BCUT2D eigenvalue weighted by atomic mass is 10.0. The van der Waals surface area contributed by atoms with Gasteiger partial charge in [-0.05, 0) is 25.8 Å². The quantitative estimate of drug-likeness (QED) is 0.514. The van der Waals surface area contributed by atoms with Gasteiger partial charge in [0.2, 0.25) is 11.5 Å². The van der Waals surface area contributed by atoms with Gasteiger partial charge in [-0.15, -0.1) is 0 Å². The fourth-order valence-corrected chi connectivity index (χ4v) is 2.68. The fourth-order valence-electron chi connectivity index (χ4n) is 2.68. The maximum atomic E-state index is 12.1. The minimum Gasteiger partial charge on any atom is -0.490 e. The number of benzene rings is 2. The molecule has 5 nitrogen and oxygen atoms in total. The van der Waals surface area contributed by atoms with Crippen LogP contribution in [0, 0.1) is 6.92 Å². The van der Waals surface area contributed by atoms with Gasteiger partial charge >= 0.3 is 5.97 Å². The van der Waals surface area contributed by atoms with E-state index in [2.05, 4.69) is 0 Å². The van der Waals surface area contributed by atoms with Crippen LogP contribution in [-0.2, 0) is 4.79 Å². The van der Waals surface area contributed by atoms with Gasteiger partial charge in [-0.1, -0.05) is 31.5 Å². The first-order valence-corrected chi connectivity index (χ1v) is 8.59. The van der Waals surface area contributed by atoms with Crippen molar-refractivity contribution in [2.75, 3.05) is 20.8 Å². The molecule has 0 spiro atoms. The summed E-state index contributed by atoms with van der Waals surface area (Å²) in [6.45, 7) is 6.51. The summed E-state index contributed by atoms with van der Waals surface area (Å²) in [4.78, 5) is 12.1. The number of hydrogen-bond donors (Lipinski definition) is 0. The van der Waals surface area contributed by atoms with Crippen LogP contribution < -0.4 is 18.9 Å². The summed E-state index contributed by atoms with van der Waals surface area (Å²) >= 11 is 0. The molecule has 0 fully saturated rings. The summed E-state index contributed by atoms with van der Waals surface area (Å²) in [6.07, 6.45) is 1.92. The summed E-state index contributed by atoms with van der Waals surface area (Å²) in [5, 5.41) is 1.60. The van der Waals surface area contributed by atoms with E-state index >= 15 is 0 Å². The number of carbonyl (C=O) groups is 1. The number of aryl methyl sites for hydroxylation is 1. The average Bonchev–Trinajstić information content (AvgIpc) is 2.60. The maximum Gasteiger partial charge on any atom is 0.311 e. The van der Waals surface area contributed by atoms with E-state index < -0.39 is 0 Å². The van der Waals surface area contributed by atoms with Crippen molar-refractivity contribution in [2.45, 2.75) is 40.0 Å². The third kappa shape index (κ3) is 3.98. The largest absolute Gasteiger partial charge is 0.490 e. The van der Waals surface area contributed by atoms with Gasteiger partial charge in [0.25, 0.3) is 0 Å². The topological polar surface area (TPSA) is 54.0 Å². The molecule has 0 amide bonds. The smallest absolute Gasteiger partial charge is 0.311 e. The molecule has 0 saturated carbocycles. The fraction of sp³-hybridized carbons (Fsp3) is 0.450. The highest BCUT2D eigenvalue weighted by atomic mass is 16.6. The van der Waals surface area contributed by atoms with E-state index in [1.807, 2.05) is 39.0 Å². The SMILES string of the molecule is CCCOc1c(OC)c(OC)c(OC(=O)CCC)c2cc(C)ccc12. The van der Waals surface area contributed by atoms with Crippen LogP contribution in [0.1, 0.15) is 38.7 Å². The van der Waals surface area contributed by atoms with Crippen LogP contribution in [0.15, 0.2) is 18.2 Å². The first-order chi connectivity index (χ1) is 12.1. The Kier molecular flexibility index (Phi) is 6.51. The van der Waals surface area contributed by atoms with E-state index in [0.717, 1.165) is 22.8 Å². The second-order valence-corrected chi connectivity index (χ2v) is 5.85. The zero-order valence-electron chi connectivity index (χ0n) is 15.6. The van der Waals surface area contributed by atoms with Gasteiger partial charge in [0.15, 0.2) is 11.5 Å². The molecule has 0 bridgehead atoms. The average molecular weight is 346 g/mol. The van der Waals surface area contributed by atoms with Crippen molar-refractivity contribution in [3.05, 3.63) is 23.8 Å². The molecule has 0 aliphatic carbocycles. The van der Waals surface area contributed by atoms with Crippen LogP contribution in [0.2, 0.25) is 0 Å². The van der Waals surface area contributed by atoms with E-state index in [4.69, 9.17) is 18.9 Å². The first-order valence-electron chi connectivity index (χ1n) is 8.59. The van der Waals surface area contributed by atoms with Crippen LogP contribution >= 0.6 is 0 Å². The number of methoxy groups -OCH3 is 2. The van der Waals surface area contributed by atoms with Gasteiger partial charge in [0.05, 0.1) is 20.8 Å². The molecule has 0 atom stereocenters. The molecule has 0 heterocycles. The predicted octanol–water partition coefficient (Wildman–Crippen LogP) is 4.66. The van der Waals surface area contributed by atoms with Gasteiger partial charge in [-0.2, -0.15) is 0 Å². The highest BCUT2D eigenvalue weighted by Gasteiger charge is 2.25. The first kappa shape index (κ1) is 18.9. The molecule has 0 radical (unpaired) electrons. The van der Waals surface area contributed by atoms with Crippen molar-refractivity contribution < 1.29 is 23.7 Å². The molecule has 2 aromatic rings. The molecule has 0 aliphatic rings. The number of ether oxygens (including phenoxy) is 4. The Morgan fingerprint density at radius 3 is 2.20 bits per heavy atom. The summed E-state index contributed by atoms with van der Waals surface area (Å²) in [7, 11) is 3.08. The summed E-state index contributed by atoms with van der Waals surface area (Å²) in [6, 6.07) is 5.91. The van der Waals surface area contributed by atoms with Crippen molar-refractivity contribution in [2.24, 2.45) is 0 Å². The highest BCUT2D eigenvalue weighted by molar-refractivity contribution is 6.00. The van der Waals surface area contributed by atoms with Gasteiger partial charge in [0.1, 0.15) is 0 Å². The van der Waals surface area contributed by atoms with Crippen molar-refractivity contribution in [1.82, 2.24) is 0 Å². The lowest BCUT2D eigenvalue weighted by molar-refractivity contribution is -0.134. The second-order valence-electron chi connectivity index (χ2n) is 5.85. The second kappa shape index (κ2) is 8.60. The third-order valence-electron chi connectivity index (χ3n) is 3.81. The van der Waals surface area contributed by atoms with E-state index in [1.165, 1.54) is 7.11 Å². The van der Waals surface area contributed by atoms with Crippen LogP contribution in [0.3, 0.4) is 0 Å². The third-order valence-corrected chi connectivity index (χ3v) is 3.81. The van der Waals surface area contributed by atoms with Gasteiger partial charge in [0, 0.05) is 17.2 Å². The summed E-state index contributed by atoms with van der Waals surface area (Å²) in [5.41, 5.74) is 1.05. The van der Waals surface area contributed by atoms with Crippen LogP contribution in [0.5, 0.6) is 23.0 Å². The molecule has 5 heteroatoms. The Morgan fingerprint density at radius 2 is 1.60 bits per heavy atom. The Morgan fingerprint density at radius 1 is 0.920 bits per heavy atom. The van der Waals surface area contributed by atoms with Crippen molar-refractivity contribution in [3.63, 3.8) is 0 Å². The molecule has 136 valence electrons. The van der Waals surface area contributed by atoms with Gasteiger partial charge in [-0.3, -0.25) is 4.79 Å². The van der Waals surface area contributed by atoms with Gasteiger partial charge < -0.3 is 18.9 Å². The molecular weight excluding hydrogens is 320 g/mol. The molecular formula is C20H26O5. The Hall–Kier alpha value is -2.43. The molecule has 0 N–H and O–H groups in total. The molecule has 0 saturated heterocycles. The molecule has 2 rings (SSSR count). The zero-order valence-corrected chi connectivity index (χ0v) is 15.6. The van der Waals surface area contributed by atoms with Crippen molar-refractivity contribution >= 4 is 16.7 Å². The lowest BCUT2D eigenvalue weighted by Gasteiger charge is -2.20. The molecule has 2 aromatic carbocycles. The Balaban J connectivity index is 2.75. The Labute approximate surface area is 148 Å². The predicted molar refractivity (Wildman–Crippen MR) is 98.1 cm³/mol. The standard InChI is InChI=1S/C20H26O5/c1-6-8-16(21)25-18-15-12-13(3)9-10-14(15)17(24-11-7-2)19(22-4)20(18)23-5/h9-10,12H,6-8,11H2,1-5H3. The number of carbonyl (C=O) groups excluding carboxylic acids is 1. The van der Waals surface area contributed by atoms with Crippen LogP contribution in [-0.4, -0.2) is 26.8 Å². The van der Waals surface area contributed by atoms with E-state index in [-0.39, 0.29) is 5.97 Å². The number of rotatable bonds is 8. The highest BCUT2D eigenvalue weighted by Crippen LogP contribution is 2.51. The molecule has 0 aromatic heterocycles. The van der Waals surface area contributed by atoms with E-state index in [0.29, 0.717) is 42.4 Å². The number of esters is 1. The molecule has 25 heavy (non-hydrogen) atoms. The van der Waals surface area contributed by atoms with E-state index in [1.54, 1.807) is 7.11 Å².